The Labute approximate surface area is 127 Å². The number of rotatable bonds is 3. The molecule has 0 bridgehead atoms. The second-order valence-corrected chi connectivity index (χ2v) is 7.16. The first-order chi connectivity index (χ1) is 10.2. The van der Waals surface area contributed by atoms with Gasteiger partial charge in [-0.2, -0.15) is 0 Å². The molecule has 2 saturated carbocycles. The molecule has 3 rings (SSSR count). The van der Waals surface area contributed by atoms with Gasteiger partial charge < -0.3 is 5.11 Å². The van der Waals surface area contributed by atoms with Crippen molar-refractivity contribution < 1.29 is 9.50 Å². The predicted molar refractivity (Wildman–Crippen MR) is 83.6 cm³/mol. The summed E-state index contributed by atoms with van der Waals surface area (Å²) >= 11 is 0. The van der Waals surface area contributed by atoms with Gasteiger partial charge in [-0.3, -0.25) is 0 Å². The maximum Gasteiger partial charge on any atom is 0.123 e. The summed E-state index contributed by atoms with van der Waals surface area (Å²) < 4.78 is 13.4. The number of halogens is 1. The van der Waals surface area contributed by atoms with Crippen molar-refractivity contribution in [1.29, 1.82) is 0 Å². The van der Waals surface area contributed by atoms with Gasteiger partial charge in [-0.1, -0.05) is 57.1 Å². The molecule has 0 aromatic heterocycles. The van der Waals surface area contributed by atoms with Crippen LogP contribution in [0, 0.1) is 17.7 Å². The van der Waals surface area contributed by atoms with E-state index in [1.807, 2.05) is 6.07 Å². The highest BCUT2D eigenvalue weighted by Gasteiger charge is 2.42. The molecule has 1 N–H and O–H groups in total. The summed E-state index contributed by atoms with van der Waals surface area (Å²) in [5.74, 6) is 0.897. The van der Waals surface area contributed by atoms with Crippen molar-refractivity contribution in [3.8, 4) is 0 Å². The highest BCUT2D eigenvalue weighted by molar-refractivity contribution is 5.19. The van der Waals surface area contributed by atoms with Crippen molar-refractivity contribution in [2.75, 3.05) is 0 Å². The topological polar surface area (TPSA) is 20.2 Å². The van der Waals surface area contributed by atoms with E-state index in [4.69, 9.17) is 0 Å². The van der Waals surface area contributed by atoms with Crippen LogP contribution >= 0.6 is 0 Å². The van der Waals surface area contributed by atoms with Crippen LogP contribution in [0.2, 0.25) is 0 Å². The Balaban J connectivity index is 1.77. The quantitative estimate of drug-likeness (QED) is 0.842. The third-order valence-electron chi connectivity index (χ3n) is 5.68. The van der Waals surface area contributed by atoms with E-state index in [-0.39, 0.29) is 5.82 Å². The zero-order valence-corrected chi connectivity index (χ0v) is 12.9. The zero-order valence-electron chi connectivity index (χ0n) is 12.9. The van der Waals surface area contributed by atoms with E-state index in [0.29, 0.717) is 18.3 Å². The van der Waals surface area contributed by atoms with Crippen LogP contribution in [0.5, 0.6) is 0 Å². The molecule has 2 unspecified atom stereocenters. The van der Waals surface area contributed by atoms with Crippen LogP contribution in [0.25, 0.3) is 0 Å². The van der Waals surface area contributed by atoms with Gasteiger partial charge in [0.05, 0.1) is 5.60 Å². The summed E-state index contributed by atoms with van der Waals surface area (Å²) in [6.07, 6.45) is 11.5. The number of benzene rings is 1. The number of aliphatic hydroxyl groups is 1. The lowest BCUT2D eigenvalue weighted by atomic mass is 9.64. The monoisotopic (exact) mass is 290 g/mol. The highest BCUT2D eigenvalue weighted by Crippen LogP contribution is 2.45. The molecular formula is C19H27FO. The van der Waals surface area contributed by atoms with Gasteiger partial charge in [0.15, 0.2) is 0 Å². The molecule has 2 aliphatic carbocycles. The predicted octanol–water partition coefficient (Wildman–Crippen LogP) is 4.87. The van der Waals surface area contributed by atoms with Gasteiger partial charge in [0, 0.05) is 6.42 Å². The third kappa shape index (κ3) is 3.48. The fraction of sp³-hybridized carbons (Fsp3) is 0.684. The van der Waals surface area contributed by atoms with Gasteiger partial charge in [-0.25, -0.2) is 4.39 Å². The standard InChI is InChI=1S/C19H27FO/c20-17-10-6-7-15(13-17)14-19(21)12-5-4-11-18(19)16-8-2-1-3-9-16/h6-7,10,13,16,18,21H,1-5,8-9,11-12,14H2. The van der Waals surface area contributed by atoms with E-state index >= 15 is 0 Å². The molecule has 2 fully saturated rings. The van der Waals surface area contributed by atoms with Crippen LogP contribution in [0.4, 0.5) is 4.39 Å². The van der Waals surface area contributed by atoms with Crippen LogP contribution in [0.1, 0.15) is 63.4 Å². The van der Waals surface area contributed by atoms with Crippen molar-refractivity contribution in [3.05, 3.63) is 35.6 Å². The summed E-state index contributed by atoms with van der Waals surface area (Å²) in [5, 5.41) is 11.3. The highest BCUT2D eigenvalue weighted by atomic mass is 19.1. The van der Waals surface area contributed by atoms with Crippen molar-refractivity contribution in [2.24, 2.45) is 11.8 Å². The fourth-order valence-corrected chi connectivity index (χ4v) is 4.68. The number of hydrogen-bond donors (Lipinski definition) is 1. The minimum Gasteiger partial charge on any atom is -0.389 e. The van der Waals surface area contributed by atoms with E-state index in [1.54, 1.807) is 12.1 Å². The normalized spacial score (nSPS) is 31.2. The van der Waals surface area contributed by atoms with Crippen molar-refractivity contribution >= 4 is 0 Å². The largest absolute Gasteiger partial charge is 0.389 e. The molecule has 1 aromatic carbocycles. The average molecular weight is 290 g/mol. The molecule has 21 heavy (non-hydrogen) atoms. The molecule has 2 atom stereocenters. The van der Waals surface area contributed by atoms with Gasteiger partial charge in [0.1, 0.15) is 5.82 Å². The average Bonchev–Trinajstić information content (AvgIpc) is 2.48. The molecule has 1 nitrogen and oxygen atoms in total. The molecule has 0 radical (unpaired) electrons. The summed E-state index contributed by atoms with van der Waals surface area (Å²) in [4.78, 5) is 0. The molecule has 2 aliphatic rings. The minimum atomic E-state index is -0.617. The van der Waals surface area contributed by atoms with Crippen molar-refractivity contribution in [2.45, 2.75) is 69.8 Å². The number of hydrogen-bond acceptors (Lipinski definition) is 1. The van der Waals surface area contributed by atoms with Crippen LogP contribution in [0.3, 0.4) is 0 Å². The van der Waals surface area contributed by atoms with Crippen LogP contribution in [0.15, 0.2) is 24.3 Å². The lowest BCUT2D eigenvalue weighted by molar-refractivity contribution is -0.0766. The summed E-state index contributed by atoms with van der Waals surface area (Å²) in [6, 6.07) is 6.78. The third-order valence-corrected chi connectivity index (χ3v) is 5.68. The molecule has 2 heteroatoms. The molecule has 0 aliphatic heterocycles. The Morgan fingerprint density at radius 1 is 1.05 bits per heavy atom. The molecule has 0 saturated heterocycles. The van der Waals surface area contributed by atoms with Gasteiger partial charge in [0.25, 0.3) is 0 Å². The van der Waals surface area contributed by atoms with Crippen molar-refractivity contribution in [3.63, 3.8) is 0 Å². The van der Waals surface area contributed by atoms with Crippen LogP contribution in [-0.2, 0) is 6.42 Å². The first kappa shape index (κ1) is 15.0. The van der Waals surface area contributed by atoms with E-state index < -0.39 is 5.60 Å². The maximum atomic E-state index is 13.4. The lowest BCUT2D eigenvalue weighted by Gasteiger charge is -2.45. The van der Waals surface area contributed by atoms with E-state index in [1.165, 1.54) is 44.6 Å². The molecule has 0 heterocycles. The molecule has 0 amide bonds. The van der Waals surface area contributed by atoms with E-state index in [9.17, 15) is 9.50 Å². The van der Waals surface area contributed by atoms with Gasteiger partial charge >= 0.3 is 0 Å². The SMILES string of the molecule is OC1(Cc2cccc(F)c2)CCCCC1C1CCCCC1. The zero-order chi connectivity index (χ0) is 14.7. The second-order valence-electron chi connectivity index (χ2n) is 7.16. The minimum absolute atomic E-state index is 0.193. The Hall–Kier alpha value is -0.890. The first-order valence-electron chi connectivity index (χ1n) is 8.64. The Morgan fingerprint density at radius 2 is 1.81 bits per heavy atom. The molecule has 1 aromatic rings. The summed E-state index contributed by atoms with van der Waals surface area (Å²) in [5.41, 5.74) is 0.328. The Morgan fingerprint density at radius 3 is 2.57 bits per heavy atom. The van der Waals surface area contributed by atoms with E-state index in [2.05, 4.69) is 0 Å². The summed E-state index contributed by atoms with van der Waals surface area (Å²) in [7, 11) is 0. The van der Waals surface area contributed by atoms with E-state index in [0.717, 1.165) is 24.8 Å². The van der Waals surface area contributed by atoms with Gasteiger partial charge in [-0.15, -0.1) is 0 Å². The lowest BCUT2D eigenvalue weighted by Crippen LogP contribution is -2.46. The smallest absolute Gasteiger partial charge is 0.123 e. The van der Waals surface area contributed by atoms with Gasteiger partial charge in [-0.05, 0) is 42.4 Å². The Bertz CT molecular complexity index is 466. The first-order valence-corrected chi connectivity index (χ1v) is 8.64. The molecule has 0 spiro atoms. The van der Waals surface area contributed by atoms with Crippen LogP contribution < -0.4 is 0 Å². The molecular weight excluding hydrogens is 263 g/mol. The van der Waals surface area contributed by atoms with Crippen molar-refractivity contribution in [1.82, 2.24) is 0 Å². The summed E-state index contributed by atoms with van der Waals surface area (Å²) in [6.45, 7) is 0. The van der Waals surface area contributed by atoms with Crippen LogP contribution in [-0.4, -0.2) is 10.7 Å². The maximum absolute atomic E-state index is 13.4. The molecule has 116 valence electrons. The Kier molecular flexibility index (Phi) is 4.63. The second kappa shape index (κ2) is 6.48. The van der Waals surface area contributed by atoms with Gasteiger partial charge in [0.2, 0.25) is 0 Å². The fourth-order valence-electron chi connectivity index (χ4n) is 4.68.